The molecule has 136 valence electrons. The van der Waals surface area contributed by atoms with E-state index in [2.05, 4.69) is 4.90 Å². The third kappa shape index (κ3) is 5.49. The maximum Gasteiger partial charge on any atom is 0.416 e. The Morgan fingerprint density at radius 1 is 0.920 bits per heavy atom. The molecule has 0 spiro atoms. The van der Waals surface area contributed by atoms with Crippen molar-refractivity contribution in [1.82, 2.24) is 4.90 Å². The minimum atomic E-state index is -4.31. The van der Waals surface area contributed by atoms with Crippen LogP contribution in [0.1, 0.15) is 24.0 Å². The molecule has 0 saturated heterocycles. The Kier molecular flexibility index (Phi) is 6.48. The molecule has 0 fully saturated rings. The maximum atomic E-state index is 12.7. The van der Waals surface area contributed by atoms with Crippen molar-refractivity contribution in [3.05, 3.63) is 53.6 Å². The van der Waals surface area contributed by atoms with Crippen LogP contribution < -0.4 is 4.74 Å². The summed E-state index contributed by atoms with van der Waals surface area (Å²) in [6.45, 7) is 1.03. The lowest BCUT2D eigenvalue weighted by atomic mass is 9.98. The van der Waals surface area contributed by atoms with Gasteiger partial charge < -0.3 is 9.64 Å². The van der Waals surface area contributed by atoms with E-state index in [4.69, 9.17) is 4.74 Å². The van der Waals surface area contributed by atoms with Crippen molar-refractivity contribution < 1.29 is 17.9 Å². The Bertz CT molecular complexity index is 678. The first-order chi connectivity index (χ1) is 11.8. The molecule has 2 nitrogen and oxygen atoms in total. The summed E-state index contributed by atoms with van der Waals surface area (Å²) < 4.78 is 43.5. The first-order valence-corrected chi connectivity index (χ1v) is 8.30. The smallest absolute Gasteiger partial charge is 0.416 e. The molecule has 0 bridgehead atoms. The molecule has 2 aromatic carbocycles. The summed E-state index contributed by atoms with van der Waals surface area (Å²) in [5, 5.41) is 0. The zero-order chi connectivity index (χ0) is 18.4. The van der Waals surface area contributed by atoms with Gasteiger partial charge in [-0.3, -0.25) is 0 Å². The third-order valence-corrected chi connectivity index (χ3v) is 4.13. The molecule has 0 N–H and O–H groups in total. The zero-order valence-electron chi connectivity index (χ0n) is 14.9. The van der Waals surface area contributed by atoms with Crippen molar-refractivity contribution in [1.29, 1.82) is 0 Å². The largest absolute Gasteiger partial charge is 0.496 e. The van der Waals surface area contributed by atoms with Crippen LogP contribution in [0.3, 0.4) is 0 Å². The minimum absolute atomic E-state index is 0.631. The third-order valence-electron chi connectivity index (χ3n) is 4.13. The first kappa shape index (κ1) is 19.3. The summed E-state index contributed by atoms with van der Waals surface area (Å²) in [6, 6.07) is 11.0. The van der Waals surface area contributed by atoms with Gasteiger partial charge in [0.15, 0.2) is 0 Å². The molecule has 0 amide bonds. The van der Waals surface area contributed by atoms with Gasteiger partial charge in [0.1, 0.15) is 5.75 Å². The lowest BCUT2D eigenvalue weighted by molar-refractivity contribution is -0.137. The van der Waals surface area contributed by atoms with Gasteiger partial charge in [-0.2, -0.15) is 13.2 Å². The minimum Gasteiger partial charge on any atom is -0.496 e. The molecule has 0 radical (unpaired) electrons. The number of hydrogen-bond donors (Lipinski definition) is 0. The number of aryl methyl sites for hydroxylation is 1. The molecule has 0 aliphatic carbocycles. The van der Waals surface area contributed by atoms with Gasteiger partial charge in [0.05, 0.1) is 12.7 Å². The number of benzene rings is 2. The number of unbranched alkanes of at least 4 members (excludes halogenated alkanes) is 1. The van der Waals surface area contributed by atoms with Gasteiger partial charge in [-0.1, -0.05) is 18.2 Å². The number of rotatable bonds is 7. The summed E-state index contributed by atoms with van der Waals surface area (Å²) in [6.07, 6.45) is -1.31. The maximum absolute atomic E-state index is 12.7. The monoisotopic (exact) mass is 351 g/mol. The van der Waals surface area contributed by atoms with E-state index in [-0.39, 0.29) is 0 Å². The Hall–Kier alpha value is -2.01. The summed E-state index contributed by atoms with van der Waals surface area (Å²) in [5.41, 5.74) is 2.12. The van der Waals surface area contributed by atoms with Crippen molar-refractivity contribution in [3.8, 4) is 16.9 Å². The first-order valence-electron chi connectivity index (χ1n) is 8.30. The average molecular weight is 351 g/mol. The van der Waals surface area contributed by atoms with E-state index < -0.39 is 11.7 Å². The Labute approximate surface area is 147 Å². The number of methoxy groups -OCH3 is 1. The molecular formula is C20H24F3NO. The second-order valence-electron chi connectivity index (χ2n) is 6.36. The summed E-state index contributed by atoms with van der Waals surface area (Å²) >= 11 is 0. The van der Waals surface area contributed by atoms with Crippen LogP contribution in [0.25, 0.3) is 11.1 Å². The molecular weight excluding hydrogens is 327 g/mol. The Morgan fingerprint density at radius 2 is 1.56 bits per heavy atom. The van der Waals surface area contributed by atoms with Crippen LogP contribution in [0.2, 0.25) is 0 Å². The van der Waals surface area contributed by atoms with Gasteiger partial charge in [0.25, 0.3) is 0 Å². The second-order valence-corrected chi connectivity index (χ2v) is 6.36. The summed E-state index contributed by atoms with van der Waals surface area (Å²) in [4.78, 5) is 2.15. The molecule has 0 aliphatic heterocycles. The second kappa shape index (κ2) is 8.39. The summed E-state index contributed by atoms with van der Waals surface area (Å²) in [5.74, 6) is 0.820. The zero-order valence-corrected chi connectivity index (χ0v) is 14.9. The standard InChI is InChI=1S/C20H24F3NO/c1-24(2)13-5-4-6-17-14-16(9-12-19(17)25-3)15-7-10-18(11-8-15)20(21,22)23/h7-12,14H,4-6,13H2,1-3H3. The van der Waals surface area contributed by atoms with Gasteiger partial charge in [0.2, 0.25) is 0 Å². The van der Waals surface area contributed by atoms with Crippen LogP contribution in [0.5, 0.6) is 5.75 Å². The fraction of sp³-hybridized carbons (Fsp3) is 0.400. The van der Waals surface area contributed by atoms with Crippen molar-refractivity contribution in [3.63, 3.8) is 0 Å². The van der Waals surface area contributed by atoms with E-state index in [9.17, 15) is 13.2 Å². The van der Waals surface area contributed by atoms with Gasteiger partial charge in [-0.05, 0) is 80.9 Å². The van der Waals surface area contributed by atoms with E-state index >= 15 is 0 Å². The fourth-order valence-electron chi connectivity index (χ4n) is 2.75. The van der Waals surface area contributed by atoms with E-state index in [1.807, 2.05) is 32.3 Å². The van der Waals surface area contributed by atoms with Crippen LogP contribution in [-0.2, 0) is 12.6 Å². The fourth-order valence-corrected chi connectivity index (χ4v) is 2.75. The SMILES string of the molecule is COc1ccc(-c2ccc(C(F)(F)F)cc2)cc1CCCCN(C)C. The van der Waals surface area contributed by atoms with Crippen molar-refractivity contribution >= 4 is 0 Å². The molecule has 0 unspecified atom stereocenters. The van der Waals surface area contributed by atoms with Gasteiger partial charge in [-0.15, -0.1) is 0 Å². The van der Waals surface area contributed by atoms with E-state index in [0.29, 0.717) is 0 Å². The summed E-state index contributed by atoms with van der Waals surface area (Å²) in [7, 11) is 5.73. The molecule has 25 heavy (non-hydrogen) atoms. The van der Waals surface area contributed by atoms with Crippen LogP contribution in [0.4, 0.5) is 13.2 Å². The highest BCUT2D eigenvalue weighted by atomic mass is 19.4. The van der Waals surface area contributed by atoms with Crippen LogP contribution in [-0.4, -0.2) is 32.6 Å². The van der Waals surface area contributed by atoms with Crippen LogP contribution >= 0.6 is 0 Å². The van der Waals surface area contributed by atoms with Crippen LogP contribution in [0, 0.1) is 0 Å². The van der Waals surface area contributed by atoms with Gasteiger partial charge in [0, 0.05) is 0 Å². The van der Waals surface area contributed by atoms with E-state index in [1.165, 1.54) is 12.1 Å². The predicted molar refractivity (Wildman–Crippen MR) is 94.9 cm³/mol. The lowest BCUT2D eigenvalue weighted by Crippen LogP contribution is -2.12. The lowest BCUT2D eigenvalue weighted by Gasteiger charge is -2.13. The number of halogens is 3. The van der Waals surface area contributed by atoms with Crippen molar-refractivity contribution in [2.45, 2.75) is 25.4 Å². The number of ether oxygens (including phenoxy) is 1. The highest BCUT2D eigenvalue weighted by molar-refractivity contribution is 5.66. The topological polar surface area (TPSA) is 12.5 Å². The molecule has 5 heteroatoms. The van der Waals surface area contributed by atoms with E-state index in [0.717, 1.165) is 60.4 Å². The number of nitrogens with zero attached hydrogens (tertiary/aromatic N) is 1. The van der Waals surface area contributed by atoms with Crippen molar-refractivity contribution in [2.24, 2.45) is 0 Å². The van der Waals surface area contributed by atoms with Crippen LogP contribution in [0.15, 0.2) is 42.5 Å². The Morgan fingerprint density at radius 3 is 2.12 bits per heavy atom. The molecule has 0 atom stereocenters. The average Bonchev–Trinajstić information content (AvgIpc) is 2.57. The normalized spacial score (nSPS) is 11.8. The predicted octanol–water partition coefficient (Wildman–Crippen LogP) is 5.27. The quantitative estimate of drug-likeness (QED) is 0.631. The van der Waals surface area contributed by atoms with Crippen molar-refractivity contribution in [2.75, 3.05) is 27.7 Å². The van der Waals surface area contributed by atoms with Gasteiger partial charge >= 0.3 is 6.18 Å². The molecule has 0 aromatic heterocycles. The highest BCUT2D eigenvalue weighted by Crippen LogP contribution is 2.32. The molecule has 0 aliphatic rings. The molecule has 2 aromatic rings. The highest BCUT2D eigenvalue weighted by Gasteiger charge is 2.29. The Balaban J connectivity index is 2.17. The van der Waals surface area contributed by atoms with Gasteiger partial charge in [-0.25, -0.2) is 0 Å². The molecule has 0 heterocycles. The molecule has 2 rings (SSSR count). The van der Waals surface area contributed by atoms with E-state index in [1.54, 1.807) is 7.11 Å². The number of alkyl halides is 3. The number of hydrogen-bond acceptors (Lipinski definition) is 2. The molecule has 0 saturated carbocycles.